The van der Waals surface area contributed by atoms with Crippen molar-refractivity contribution in [3.05, 3.63) is 0 Å². The Morgan fingerprint density at radius 1 is 0.917 bits per heavy atom. The molecule has 0 saturated carbocycles. The third-order valence-electron chi connectivity index (χ3n) is 4.28. The van der Waals surface area contributed by atoms with E-state index in [1.165, 1.54) is 38.5 Å². The fourth-order valence-electron chi connectivity index (χ4n) is 2.88. The van der Waals surface area contributed by atoms with Gasteiger partial charge in [0.1, 0.15) is 0 Å². The van der Waals surface area contributed by atoms with Crippen LogP contribution in [0.1, 0.15) is 77.6 Å². The fraction of sp³-hybridized carbons (Fsp3) is 0.944. The lowest BCUT2D eigenvalue weighted by Crippen LogP contribution is -2.28. The maximum absolute atomic E-state index is 10.2. The number of unbranched alkanes of at least 4 members (excludes halogenated alkanes) is 6. The highest BCUT2D eigenvalue weighted by Crippen LogP contribution is 2.17. The first-order valence-corrected chi connectivity index (χ1v) is 9.35. The smallest absolute Gasteiger partial charge is 0.186 e. The van der Waals surface area contributed by atoms with E-state index in [4.69, 9.17) is 20.9 Å². The molecule has 6 heteroatoms. The zero-order valence-electron chi connectivity index (χ0n) is 15.9. The maximum Gasteiger partial charge on any atom is 0.186 e. The van der Waals surface area contributed by atoms with Crippen molar-refractivity contribution in [1.82, 2.24) is 0 Å². The first-order valence-electron chi connectivity index (χ1n) is 9.35. The molecule has 2 atom stereocenters. The van der Waals surface area contributed by atoms with Gasteiger partial charge >= 0.3 is 0 Å². The summed E-state index contributed by atoms with van der Waals surface area (Å²) in [6, 6.07) is -0.0950. The second-order valence-electron chi connectivity index (χ2n) is 6.49. The molecule has 0 amide bonds. The predicted molar refractivity (Wildman–Crippen MR) is 99.9 cm³/mol. The van der Waals surface area contributed by atoms with Gasteiger partial charge in [-0.15, -0.1) is 0 Å². The van der Waals surface area contributed by atoms with Crippen LogP contribution < -0.4 is 11.5 Å². The number of hydrogen-bond acceptors (Lipinski definition) is 4. The minimum Gasteiger partial charge on any atom is -0.393 e. The van der Waals surface area contributed by atoms with Gasteiger partial charge in [-0.3, -0.25) is 4.99 Å². The quantitative estimate of drug-likeness (QED) is 0.173. The van der Waals surface area contributed by atoms with E-state index < -0.39 is 0 Å². The molecule has 0 radical (unpaired) electrons. The van der Waals surface area contributed by atoms with Gasteiger partial charge in [0.15, 0.2) is 12.2 Å². The summed E-state index contributed by atoms with van der Waals surface area (Å²) in [4.78, 5) is 4.24. The van der Waals surface area contributed by atoms with Gasteiger partial charge in [-0.2, -0.15) is 0 Å². The molecule has 0 aliphatic carbocycles. The average molecular weight is 346 g/mol. The minimum atomic E-state index is -0.364. The topological polar surface area (TPSA) is 103 Å². The second-order valence-corrected chi connectivity index (χ2v) is 6.49. The van der Waals surface area contributed by atoms with Gasteiger partial charge in [-0.1, -0.05) is 51.9 Å². The number of aliphatic hydroxyl groups is 1. The standard InChI is InChI=1S/C18H39N3O3/c1-4-5-6-7-8-9-10-11-16(22)14-15(21-18(19)20)12-13-17(23-2)24-3/h15-17,22H,4-14H2,1-3H3,(H4,19,20,21)/t15-,16-/m0/s1. The van der Waals surface area contributed by atoms with Crippen molar-refractivity contribution in [3.63, 3.8) is 0 Å². The number of nitrogens with two attached hydrogens (primary N) is 2. The molecule has 6 nitrogen and oxygen atoms in total. The lowest BCUT2D eigenvalue weighted by atomic mass is 9.99. The Kier molecular flexibility index (Phi) is 15.1. The second kappa shape index (κ2) is 15.7. The normalized spacial score (nSPS) is 13.9. The highest BCUT2D eigenvalue weighted by atomic mass is 16.7. The van der Waals surface area contributed by atoms with Crippen LogP contribution in [0.25, 0.3) is 0 Å². The average Bonchev–Trinajstić information content (AvgIpc) is 2.54. The molecule has 0 saturated heterocycles. The van der Waals surface area contributed by atoms with Gasteiger partial charge in [-0.25, -0.2) is 0 Å². The Morgan fingerprint density at radius 3 is 2.04 bits per heavy atom. The lowest BCUT2D eigenvalue weighted by molar-refractivity contribution is -0.107. The molecule has 0 bridgehead atoms. The number of nitrogens with zero attached hydrogens (tertiary/aromatic N) is 1. The highest BCUT2D eigenvalue weighted by molar-refractivity contribution is 5.75. The summed E-state index contributed by atoms with van der Waals surface area (Å²) in [7, 11) is 3.22. The Balaban J connectivity index is 4.02. The molecule has 0 aromatic rings. The molecule has 24 heavy (non-hydrogen) atoms. The van der Waals surface area contributed by atoms with Gasteiger partial charge in [0, 0.05) is 20.6 Å². The largest absolute Gasteiger partial charge is 0.393 e. The number of aliphatic hydroxyl groups excluding tert-OH is 1. The van der Waals surface area contributed by atoms with Crippen LogP contribution in [0.5, 0.6) is 0 Å². The van der Waals surface area contributed by atoms with Crippen LogP contribution in [0.2, 0.25) is 0 Å². The summed E-state index contributed by atoms with van der Waals surface area (Å²) >= 11 is 0. The van der Waals surface area contributed by atoms with Gasteiger partial charge in [-0.05, 0) is 19.3 Å². The van der Waals surface area contributed by atoms with Crippen molar-refractivity contribution in [2.45, 2.75) is 96.0 Å². The van der Waals surface area contributed by atoms with E-state index >= 15 is 0 Å². The Labute approximate surface area is 148 Å². The summed E-state index contributed by atoms with van der Waals surface area (Å²) in [6.07, 6.45) is 10.9. The van der Waals surface area contributed by atoms with Gasteiger partial charge in [0.05, 0.1) is 12.1 Å². The summed E-state index contributed by atoms with van der Waals surface area (Å²) in [5.74, 6) is 0.0644. The van der Waals surface area contributed by atoms with E-state index in [-0.39, 0.29) is 24.4 Å². The molecular weight excluding hydrogens is 306 g/mol. The number of guanidine groups is 1. The number of ether oxygens (including phenoxy) is 2. The van der Waals surface area contributed by atoms with Crippen LogP contribution in [-0.4, -0.2) is 43.7 Å². The van der Waals surface area contributed by atoms with Gasteiger partial charge < -0.3 is 26.0 Å². The maximum atomic E-state index is 10.2. The minimum absolute atomic E-state index is 0.0644. The summed E-state index contributed by atoms with van der Waals surface area (Å²) in [6.45, 7) is 2.23. The number of aliphatic imine (C=N–C) groups is 1. The van der Waals surface area contributed by atoms with E-state index in [0.29, 0.717) is 12.8 Å². The van der Waals surface area contributed by atoms with Crippen LogP contribution in [0.4, 0.5) is 0 Å². The molecule has 0 fully saturated rings. The zero-order valence-corrected chi connectivity index (χ0v) is 15.9. The van der Waals surface area contributed by atoms with Crippen molar-refractivity contribution in [3.8, 4) is 0 Å². The third kappa shape index (κ3) is 13.6. The van der Waals surface area contributed by atoms with Crippen molar-refractivity contribution >= 4 is 5.96 Å². The molecule has 0 unspecified atom stereocenters. The molecule has 5 N–H and O–H groups in total. The van der Waals surface area contributed by atoms with Crippen LogP contribution in [-0.2, 0) is 9.47 Å². The fourth-order valence-corrected chi connectivity index (χ4v) is 2.88. The van der Waals surface area contributed by atoms with Gasteiger partial charge in [0.2, 0.25) is 0 Å². The first kappa shape index (κ1) is 23.1. The van der Waals surface area contributed by atoms with Crippen molar-refractivity contribution in [2.75, 3.05) is 14.2 Å². The van der Waals surface area contributed by atoms with Crippen molar-refractivity contribution < 1.29 is 14.6 Å². The Morgan fingerprint density at radius 2 is 1.50 bits per heavy atom. The van der Waals surface area contributed by atoms with E-state index in [0.717, 1.165) is 19.3 Å². The van der Waals surface area contributed by atoms with Crippen LogP contribution in [0.15, 0.2) is 4.99 Å². The number of rotatable bonds is 16. The molecule has 0 spiro atoms. The number of hydrogen-bond donors (Lipinski definition) is 3. The molecule has 144 valence electrons. The summed E-state index contributed by atoms with van der Waals surface area (Å²) < 4.78 is 10.4. The van der Waals surface area contributed by atoms with E-state index in [2.05, 4.69) is 11.9 Å². The van der Waals surface area contributed by atoms with Crippen molar-refractivity contribution in [2.24, 2.45) is 16.5 Å². The first-order chi connectivity index (χ1) is 11.5. The molecule has 0 heterocycles. The van der Waals surface area contributed by atoms with E-state index in [1.807, 2.05) is 0 Å². The molecule has 0 aromatic heterocycles. The van der Waals surface area contributed by atoms with Crippen LogP contribution in [0, 0.1) is 0 Å². The molecule has 0 aliphatic heterocycles. The highest BCUT2D eigenvalue weighted by Gasteiger charge is 2.16. The molecule has 0 aromatic carbocycles. The van der Waals surface area contributed by atoms with Crippen molar-refractivity contribution in [1.29, 1.82) is 0 Å². The number of methoxy groups -OCH3 is 2. The summed E-state index contributed by atoms with van der Waals surface area (Å²) in [5, 5.41) is 10.2. The molecule has 0 aliphatic rings. The van der Waals surface area contributed by atoms with E-state index in [9.17, 15) is 5.11 Å². The zero-order chi connectivity index (χ0) is 18.2. The van der Waals surface area contributed by atoms with E-state index in [1.54, 1.807) is 14.2 Å². The third-order valence-corrected chi connectivity index (χ3v) is 4.28. The monoisotopic (exact) mass is 345 g/mol. The predicted octanol–water partition coefficient (Wildman–Crippen LogP) is 2.92. The Hall–Kier alpha value is -0.850. The Bertz CT molecular complexity index is 306. The summed E-state index contributed by atoms with van der Waals surface area (Å²) in [5.41, 5.74) is 11.0. The SMILES string of the molecule is CCCCCCCCC[C@H](O)C[C@H](CCC(OC)OC)N=C(N)N. The molecule has 0 rings (SSSR count). The van der Waals surface area contributed by atoms with Gasteiger partial charge in [0.25, 0.3) is 0 Å². The lowest BCUT2D eigenvalue weighted by Gasteiger charge is -2.20. The molecular formula is C18H39N3O3. The van der Waals surface area contributed by atoms with Crippen LogP contribution >= 0.6 is 0 Å². The van der Waals surface area contributed by atoms with Crippen LogP contribution in [0.3, 0.4) is 0 Å².